The monoisotopic (exact) mass is 413 g/mol. The fraction of sp³-hybridized carbons (Fsp3) is 0.438. The van der Waals surface area contributed by atoms with Crippen LogP contribution in [0.25, 0.3) is 5.69 Å². The molecule has 6 nitrogen and oxygen atoms in total. The summed E-state index contributed by atoms with van der Waals surface area (Å²) in [6.45, 7) is 5.23. The lowest BCUT2D eigenvalue weighted by atomic mass is 10.1. The molecule has 24 heavy (non-hydrogen) atoms. The minimum Gasteiger partial charge on any atom is -0.334 e. The molecule has 2 atom stereocenters. The van der Waals surface area contributed by atoms with Crippen molar-refractivity contribution in [1.82, 2.24) is 19.9 Å². The maximum atomic E-state index is 12.8. The topological polar surface area (TPSA) is 77.0 Å². The minimum atomic E-state index is -0.0628. The molecule has 2 aromatic rings. The molecule has 0 aliphatic carbocycles. The van der Waals surface area contributed by atoms with E-state index in [1.807, 2.05) is 36.1 Å². The van der Waals surface area contributed by atoms with E-state index >= 15 is 0 Å². The first-order chi connectivity index (χ1) is 11.0. The van der Waals surface area contributed by atoms with E-state index in [9.17, 15) is 4.79 Å². The van der Waals surface area contributed by atoms with Gasteiger partial charge in [-0.3, -0.25) is 4.79 Å². The van der Waals surface area contributed by atoms with Crippen molar-refractivity contribution in [3.8, 4) is 5.69 Å². The van der Waals surface area contributed by atoms with E-state index < -0.39 is 0 Å². The van der Waals surface area contributed by atoms with Crippen molar-refractivity contribution in [3.05, 3.63) is 40.1 Å². The predicted octanol–water partition coefficient (Wildman–Crippen LogP) is 2.57. The smallest absolute Gasteiger partial charge is 0.276 e. The Kier molecular flexibility index (Phi) is 6.01. The van der Waals surface area contributed by atoms with E-state index in [4.69, 9.17) is 5.73 Å². The van der Waals surface area contributed by atoms with Crippen LogP contribution < -0.4 is 5.73 Å². The van der Waals surface area contributed by atoms with Gasteiger partial charge in [0.25, 0.3) is 5.91 Å². The van der Waals surface area contributed by atoms with Crippen LogP contribution in [0.4, 0.5) is 0 Å². The Balaban J connectivity index is 0.00000208. The fourth-order valence-corrected chi connectivity index (χ4v) is 3.50. The van der Waals surface area contributed by atoms with Crippen molar-refractivity contribution in [2.75, 3.05) is 13.1 Å². The molecule has 130 valence electrons. The third-order valence-corrected chi connectivity index (χ3v) is 4.90. The zero-order chi connectivity index (χ0) is 16.6. The zero-order valence-electron chi connectivity index (χ0n) is 13.6. The highest BCUT2D eigenvalue weighted by Gasteiger charge is 2.34. The van der Waals surface area contributed by atoms with Crippen LogP contribution in [0.15, 0.2) is 28.7 Å². The first-order valence-electron chi connectivity index (χ1n) is 7.70. The van der Waals surface area contributed by atoms with Crippen LogP contribution >= 0.6 is 28.3 Å². The number of hydrogen-bond acceptors (Lipinski definition) is 4. The van der Waals surface area contributed by atoms with Crippen LogP contribution in [0, 0.1) is 12.8 Å². The van der Waals surface area contributed by atoms with E-state index in [1.54, 1.807) is 4.68 Å². The Morgan fingerprint density at radius 3 is 2.83 bits per heavy atom. The lowest BCUT2D eigenvalue weighted by Gasteiger charge is -2.20. The molecule has 0 spiro atoms. The second kappa shape index (κ2) is 7.63. The average Bonchev–Trinajstić information content (AvgIpc) is 3.09. The molecule has 1 aromatic carbocycles. The van der Waals surface area contributed by atoms with E-state index in [0.29, 0.717) is 24.7 Å². The van der Waals surface area contributed by atoms with Crippen LogP contribution in [0.2, 0.25) is 0 Å². The van der Waals surface area contributed by atoms with Crippen molar-refractivity contribution in [3.63, 3.8) is 0 Å². The highest BCUT2D eigenvalue weighted by Crippen LogP contribution is 2.25. The number of likely N-dealkylation sites (tertiary alicyclic amines) is 1. The fourth-order valence-electron chi connectivity index (χ4n) is 3.11. The van der Waals surface area contributed by atoms with E-state index in [1.165, 1.54) is 0 Å². The largest absolute Gasteiger partial charge is 0.334 e. The molecule has 0 radical (unpaired) electrons. The molecule has 2 unspecified atom stereocenters. The molecule has 2 heterocycles. The Labute approximate surface area is 155 Å². The zero-order valence-corrected chi connectivity index (χ0v) is 16.0. The average molecular weight is 415 g/mol. The standard InChI is InChI=1S/C16H20BrN5O.ClH/c1-10-6-12(8-18)9-21(10)16(23)15-11(2)22(20-19-15)14-5-3-4-13(17)7-14;/h3-5,7,10,12H,6,8-9,18H2,1-2H3;1H. The van der Waals surface area contributed by atoms with Gasteiger partial charge in [0.05, 0.1) is 11.4 Å². The third kappa shape index (κ3) is 3.48. The molecule has 1 aliphatic heterocycles. The summed E-state index contributed by atoms with van der Waals surface area (Å²) >= 11 is 3.45. The molecule has 1 saturated heterocycles. The van der Waals surface area contributed by atoms with Crippen molar-refractivity contribution >= 4 is 34.2 Å². The van der Waals surface area contributed by atoms with Crippen molar-refractivity contribution in [2.45, 2.75) is 26.3 Å². The van der Waals surface area contributed by atoms with Gasteiger partial charge in [0.1, 0.15) is 0 Å². The maximum absolute atomic E-state index is 12.8. The Hall–Kier alpha value is -1.44. The molecule has 2 N–H and O–H groups in total. The molecule has 8 heteroatoms. The van der Waals surface area contributed by atoms with Gasteiger partial charge in [-0.1, -0.05) is 27.2 Å². The molecule has 1 amide bonds. The summed E-state index contributed by atoms with van der Waals surface area (Å²) in [4.78, 5) is 14.7. The number of carbonyl (C=O) groups is 1. The van der Waals surface area contributed by atoms with Gasteiger partial charge in [0, 0.05) is 17.1 Å². The SMILES string of the molecule is Cc1c(C(=O)N2CC(CN)CC2C)nnn1-c1cccc(Br)c1.Cl. The van der Waals surface area contributed by atoms with Gasteiger partial charge in [-0.15, -0.1) is 17.5 Å². The summed E-state index contributed by atoms with van der Waals surface area (Å²) in [6, 6.07) is 7.94. The number of halogens is 2. The number of amides is 1. The van der Waals surface area contributed by atoms with Gasteiger partial charge in [0.15, 0.2) is 5.69 Å². The Morgan fingerprint density at radius 1 is 1.46 bits per heavy atom. The molecule has 1 fully saturated rings. The highest BCUT2D eigenvalue weighted by atomic mass is 79.9. The lowest BCUT2D eigenvalue weighted by molar-refractivity contribution is 0.0736. The molecule has 1 aliphatic rings. The molecular weight excluding hydrogens is 394 g/mol. The van der Waals surface area contributed by atoms with Crippen LogP contribution in [-0.4, -0.2) is 44.9 Å². The molecular formula is C16H21BrClN5O. The molecule has 1 aromatic heterocycles. The van der Waals surface area contributed by atoms with Crippen molar-refractivity contribution in [1.29, 1.82) is 0 Å². The number of benzene rings is 1. The number of aromatic nitrogens is 3. The summed E-state index contributed by atoms with van der Waals surface area (Å²) in [5.74, 6) is 0.307. The quantitative estimate of drug-likeness (QED) is 0.837. The van der Waals surface area contributed by atoms with E-state index in [0.717, 1.165) is 22.3 Å². The first kappa shape index (κ1) is 18.9. The van der Waals surface area contributed by atoms with Gasteiger partial charge in [-0.2, -0.15) is 0 Å². The molecule has 0 bridgehead atoms. The summed E-state index contributed by atoms with van der Waals surface area (Å²) in [5, 5.41) is 8.28. The number of nitrogens with two attached hydrogens (primary N) is 1. The second-order valence-electron chi connectivity index (χ2n) is 6.06. The number of carbonyl (C=O) groups excluding carboxylic acids is 1. The highest BCUT2D eigenvalue weighted by molar-refractivity contribution is 9.10. The van der Waals surface area contributed by atoms with Gasteiger partial charge in [-0.05, 0) is 50.9 Å². The van der Waals surface area contributed by atoms with Crippen LogP contribution in [0.1, 0.15) is 29.5 Å². The van der Waals surface area contributed by atoms with Crippen LogP contribution in [-0.2, 0) is 0 Å². The van der Waals surface area contributed by atoms with E-state index in [-0.39, 0.29) is 24.4 Å². The third-order valence-electron chi connectivity index (χ3n) is 4.41. The van der Waals surface area contributed by atoms with Crippen molar-refractivity contribution in [2.24, 2.45) is 11.7 Å². The minimum absolute atomic E-state index is 0. The van der Waals surface area contributed by atoms with E-state index in [2.05, 4.69) is 33.2 Å². The Bertz CT molecular complexity index is 735. The van der Waals surface area contributed by atoms with Gasteiger partial charge >= 0.3 is 0 Å². The Morgan fingerprint density at radius 2 is 2.21 bits per heavy atom. The van der Waals surface area contributed by atoms with Crippen LogP contribution in [0.5, 0.6) is 0 Å². The van der Waals surface area contributed by atoms with Gasteiger partial charge in [0.2, 0.25) is 0 Å². The first-order valence-corrected chi connectivity index (χ1v) is 8.49. The number of hydrogen-bond donors (Lipinski definition) is 1. The lowest BCUT2D eigenvalue weighted by Crippen LogP contribution is -2.35. The predicted molar refractivity (Wildman–Crippen MR) is 98.7 cm³/mol. The van der Waals surface area contributed by atoms with Crippen LogP contribution in [0.3, 0.4) is 0 Å². The summed E-state index contributed by atoms with van der Waals surface area (Å²) in [5.41, 5.74) is 7.78. The van der Waals surface area contributed by atoms with Gasteiger partial charge < -0.3 is 10.6 Å². The molecule has 3 rings (SSSR count). The maximum Gasteiger partial charge on any atom is 0.276 e. The summed E-state index contributed by atoms with van der Waals surface area (Å²) < 4.78 is 2.65. The second-order valence-corrected chi connectivity index (χ2v) is 6.97. The van der Waals surface area contributed by atoms with Gasteiger partial charge in [-0.25, -0.2) is 4.68 Å². The normalized spacial score (nSPS) is 20.1. The summed E-state index contributed by atoms with van der Waals surface area (Å²) in [6.07, 6.45) is 0.945. The van der Waals surface area contributed by atoms with Crippen molar-refractivity contribution < 1.29 is 4.79 Å². The number of rotatable bonds is 3. The number of nitrogens with zero attached hydrogens (tertiary/aromatic N) is 4. The molecule has 0 saturated carbocycles. The summed E-state index contributed by atoms with van der Waals surface area (Å²) in [7, 11) is 0.